The van der Waals surface area contributed by atoms with Gasteiger partial charge in [0.15, 0.2) is 6.29 Å². The van der Waals surface area contributed by atoms with Crippen LogP contribution in [-0.4, -0.2) is 19.5 Å². The number of carbonyl (C=O) groups excluding carboxylic acids is 1. The fourth-order valence-corrected chi connectivity index (χ4v) is 3.18. The number of unbranched alkanes of at least 4 members (excludes halogenated alkanes) is 10. The van der Waals surface area contributed by atoms with Gasteiger partial charge in [0.25, 0.3) is 0 Å². The van der Waals surface area contributed by atoms with E-state index in [1.54, 1.807) is 0 Å². The summed E-state index contributed by atoms with van der Waals surface area (Å²) >= 11 is 0. The van der Waals surface area contributed by atoms with Crippen molar-refractivity contribution in [2.24, 2.45) is 0 Å². The Morgan fingerprint density at radius 3 is 1.70 bits per heavy atom. The van der Waals surface area contributed by atoms with E-state index in [4.69, 9.17) is 9.47 Å². The lowest BCUT2D eigenvalue weighted by molar-refractivity contribution is 0.111. The second-order valence-corrected chi connectivity index (χ2v) is 7.51. The van der Waals surface area contributed by atoms with Crippen molar-refractivity contribution < 1.29 is 14.3 Å². The molecule has 0 saturated heterocycles. The van der Waals surface area contributed by atoms with Crippen LogP contribution in [0, 0.1) is 6.92 Å². The highest BCUT2D eigenvalue weighted by atomic mass is 16.5. The molecular formula is C24H40O3. The van der Waals surface area contributed by atoms with Gasteiger partial charge in [0, 0.05) is 0 Å². The van der Waals surface area contributed by atoms with Crippen LogP contribution in [0.3, 0.4) is 0 Å². The largest absolute Gasteiger partial charge is 0.493 e. The molecule has 0 unspecified atom stereocenters. The highest BCUT2D eigenvalue weighted by Crippen LogP contribution is 2.28. The Labute approximate surface area is 166 Å². The van der Waals surface area contributed by atoms with E-state index >= 15 is 0 Å². The Balaban J connectivity index is 2.37. The van der Waals surface area contributed by atoms with Gasteiger partial charge in [-0.25, -0.2) is 0 Å². The molecular weight excluding hydrogens is 336 g/mol. The molecule has 154 valence electrons. The van der Waals surface area contributed by atoms with Gasteiger partial charge in [-0.05, 0) is 37.5 Å². The lowest BCUT2D eigenvalue weighted by Crippen LogP contribution is -2.03. The van der Waals surface area contributed by atoms with Crippen LogP contribution in [0.25, 0.3) is 0 Å². The van der Waals surface area contributed by atoms with Crippen LogP contribution in [0.15, 0.2) is 12.1 Å². The maximum atomic E-state index is 11.4. The summed E-state index contributed by atoms with van der Waals surface area (Å²) in [5, 5.41) is 0. The van der Waals surface area contributed by atoms with Crippen molar-refractivity contribution in [3.05, 3.63) is 23.3 Å². The molecule has 0 heterocycles. The molecule has 1 aromatic rings. The molecule has 0 fully saturated rings. The average Bonchev–Trinajstić information content (AvgIpc) is 2.67. The number of hydrogen-bond acceptors (Lipinski definition) is 3. The van der Waals surface area contributed by atoms with Gasteiger partial charge < -0.3 is 9.47 Å². The minimum atomic E-state index is 0.588. The highest BCUT2D eigenvalue weighted by Gasteiger charge is 2.09. The van der Waals surface area contributed by atoms with E-state index in [0.717, 1.165) is 30.4 Å². The van der Waals surface area contributed by atoms with Crippen LogP contribution < -0.4 is 9.47 Å². The van der Waals surface area contributed by atoms with Crippen LogP contribution in [0.5, 0.6) is 11.5 Å². The van der Waals surface area contributed by atoms with Gasteiger partial charge in [-0.15, -0.1) is 0 Å². The summed E-state index contributed by atoms with van der Waals surface area (Å²) in [6.45, 7) is 7.86. The first-order chi connectivity index (χ1) is 13.2. The molecule has 0 atom stereocenters. The van der Waals surface area contributed by atoms with E-state index in [1.165, 1.54) is 64.2 Å². The molecule has 0 saturated carbocycles. The second-order valence-electron chi connectivity index (χ2n) is 7.51. The van der Waals surface area contributed by atoms with Crippen LogP contribution in [0.4, 0.5) is 0 Å². The summed E-state index contributed by atoms with van der Waals surface area (Å²) in [6, 6.07) is 3.77. The van der Waals surface area contributed by atoms with Crippen molar-refractivity contribution in [3.63, 3.8) is 0 Å². The van der Waals surface area contributed by atoms with E-state index in [2.05, 4.69) is 13.8 Å². The maximum Gasteiger partial charge on any atom is 0.153 e. The first-order valence-corrected chi connectivity index (χ1v) is 11.1. The van der Waals surface area contributed by atoms with Gasteiger partial charge in [0.05, 0.1) is 18.8 Å². The smallest absolute Gasteiger partial charge is 0.153 e. The van der Waals surface area contributed by atoms with Crippen molar-refractivity contribution in [1.82, 2.24) is 0 Å². The minimum absolute atomic E-state index is 0.588. The third-order valence-electron chi connectivity index (χ3n) is 4.95. The van der Waals surface area contributed by atoms with Crippen molar-refractivity contribution in [2.75, 3.05) is 13.2 Å². The van der Waals surface area contributed by atoms with Crippen molar-refractivity contribution in [2.45, 2.75) is 97.8 Å². The Kier molecular flexibility index (Phi) is 13.5. The molecule has 0 aromatic heterocycles. The summed E-state index contributed by atoms with van der Waals surface area (Å²) in [5.41, 5.74) is 1.62. The topological polar surface area (TPSA) is 35.5 Å². The van der Waals surface area contributed by atoms with E-state index in [9.17, 15) is 4.79 Å². The van der Waals surface area contributed by atoms with Crippen molar-refractivity contribution >= 4 is 6.29 Å². The fraction of sp³-hybridized carbons (Fsp3) is 0.708. The number of ether oxygens (including phenoxy) is 2. The maximum absolute atomic E-state index is 11.4. The summed E-state index contributed by atoms with van der Waals surface area (Å²) < 4.78 is 11.8. The van der Waals surface area contributed by atoms with Crippen LogP contribution in [-0.2, 0) is 0 Å². The third kappa shape index (κ3) is 10.4. The average molecular weight is 377 g/mol. The van der Waals surface area contributed by atoms with Gasteiger partial charge in [0.2, 0.25) is 0 Å². The summed E-state index contributed by atoms with van der Waals surface area (Å²) in [4.78, 5) is 11.4. The number of carbonyl (C=O) groups is 1. The number of hydrogen-bond donors (Lipinski definition) is 0. The standard InChI is InChI=1S/C24H40O3/c1-4-6-8-10-12-14-16-26-23-19-22(20-25)24(18-21(23)3)27-17-15-13-11-9-7-5-2/h18-20H,4-17H2,1-3H3. The number of aldehydes is 1. The molecule has 0 radical (unpaired) electrons. The molecule has 0 spiro atoms. The van der Waals surface area contributed by atoms with E-state index in [1.807, 2.05) is 19.1 Å². The van der Waals surface area contributed by atoms with Gasteiger partial charge in [0.1, 0.15) is 11.5 Å². The molecule has 3 nitrogen and oxygen atoms in total. The zero-order valence-electron chi connectivity index (χ0n) is 17.9. The Hall–Kier alpha value is -1.51. The Bertz CT molecular complexity index is 511. The SMILES string of the molecule is CCCCCCCCOc1cc(C=O)c(OCCCCCCCC)cc1C. The lowest BCUT2D eigenvalue weighted by atomic mass is 10.1. The van der Waals surface area contributed by atoms with Crippen LogP contribution in [0.1, 0.15) is 107 Å². The molecule has 0 N–H and O–H groups in total. The molecule has 27 heavy (non-hydrogen) atoms. The molecule has 0 aliphatic carbocycles. The molecule has 0 bridgehead atoms. The predicted molar refractivity (Wildman–Crippen MR) is 114 cm³/mol. The summed E-state index contributed by atoms with van der Waals surface area (Å²) in [5.74, 6) is 1.49. The summed E-state index contributed by atoms with van der Waals surface area (Å²) in [6.07, 6.45) is 15.7. The first kappa shape index (κ1) is 23.5. The van der Waals surface area contributed by atoms with Crippen molar-refractivity contribution in [1.29, 1.82) is 0 Å². The number of aryl methyl sites for hydroxylation is 1. The van der Waals surface area contributed by atoms with Gasteiger partial charge in [-0.1, -0.05) is 78.1 Å². The van der Waals surface area contributed by atoms with E-state index < -0.39 is 0 Å². The molecule has 0 aliphatic heterocycles. The predicted octanol–water partition coefficient (Wildman–Crippen LogP) is 7.29. The van der Waals surface area contributed by atoms with Gasteiger partial charge in [-0.3, -0.25) is 4.79 Å². The number of rotatable bonds is 17. The van der Waals surface area contributed by atoms with Gasteiger partial charge >= 0.3 is 0 Å². The quantitative estimate of drug-likeness (QED) is 0.211. The van der Waals surface area contributed by atoms with E-state index in [-0.39, 0.29) is 0 Å². The molecule has 0 amide bonds. The Morgan fingerprint density at radius 1 is 0.704 bits per heavy atom. The fourth-order valence-electron chi connectivity index (χ4n) is 3.18. The molecule has 0 aliphatic rings. The van der Waals surface area contributed by atoms with Crippen LogP contribution in [0.2, 0.25) is 0 Å². The van der Waals surface area contributed by atoms with Crippen LogP contribution >= 0.6 is 0 Å². The zero-order chi connectivity index (χ0) is 19.7. The Morgan fingerprint density at radius 2 is 1.19 bits per heavy atom. The minimum Gasteiger partial charge on any atom is -0.493 e. The van der Waals surface area contributed by atoms with Gasteiger partial charge in [-0.2, -0.15) is 0 Å². The normalized spacial score (nSPS) is 10.8. The number of benzene rings is 1. The second kappa shape index (κ2) is 15.5. The molecule has 1 aromatic carbocycles. The van der Waals surface area contributed by atoms with Crippen molar-refractivity contribution in [3.8, 4) is 11.5 Å². The monoisotopic (exact) mass is 376 g/mol. The summed E-state index contributed by atoms with van der Waals surface area (Å²) in [7, 11) is 0. The first-order valence-electron chi connectivity index (χ1n) is 11.1. The zero-order valence-corrected chi connectivity index (χ0v) is 17.9. The van der Waals surface area contributed by atoms with E-state index in [0.29, 0.717) is 24.5 Å². The lowest BCUT2D eigenvalue weighted by Gasteiger charge is -2.14. The molecule has 3 heteroatoms. The molecule has 1 rings (SSSR count). The highest BCUT2D eigenvalue weighted by molar-refractivity contribution is 5.80. The third-order valence-corrected chi connectivity index (χ3v) is 4.95.